The third kappa shape index (κ3) is 3.39. The van der Waals surface area contributed by atoms with Crippen molar-refractivity contribution in [3.05, 3.63) is 88.5 Å². The van der Waals surface area contributed by atoms with Gasteiger partial charge in [0.1, 0.15) is 18.4 Å². The van der Waals surface area contributed by atoms with E-state index in [0.29, 0.717) is 11.2 Å². The van der Waals surface area contributed by atoms with E-state index in [9.17, 15) is 9.59 Å². The largest absolute Gasteiger partial charge is 0.348 e. The van der Waals surface area contributed by atoms with Gasteiger partial charge in [0.2, 0.25) is 5.91 Å². The number of hydrogen-bond acceptors (Lipinski definition) is 4. The smallest absolute Gasteiger partial charge is 0.293 e. The van der Waals surface area contributed by atoms with Crippen molar-refractivity contribution < 1.29 is 4.79 Å². The van der Waals surface area contributed by atoms with Gasteiger partial charge in [-0.25, -0.2) is 9.20 Å². The number of aromatic nitrogens is 4. The highest BCUT2D eigenvalue weighted by atomic mass is 16.2. The fourth-order valence-corrected chi connectivity index (χ4v) is 4.08. The minimum Gasteiger partial charge on any atom is -0.348 e. The van der Waals surface area contributed by atoms with Crippen molar-refractivity contribution in [2.24, 2.45) is 0 Å². The summed E-state index contributed by atoms with van der Waals surface area (Å²) in [6.07, 6.45) is 4.43. The van der Waals surface area contributed by atoms with Gasteiger partial charge in [-0.15, -0.1) is 0 Å². The van der Waals surface area contributed by atoms with Gasteiger partial charge in [0.05, 0.1) is 11.7 Å². The topological polar surface area (TPSA) is 81.3 Å². The van der Waals surface area contributed by atoms with Gasteiger partial charge in [-0.05, 0) is 36.5 Å². The lowest BCUT2D eigenvalue weighted by molar-refractivity contribution is -0.122. The van der Waals surface area contributed by atoms with E-state index in [2.05, 4.69) is 27.6 Å². The molecule has 1 atom stereocenters. The average Bonchev–Trinajstić information content (AvgIpc) is 3.22. The standard InChI is InChI=1S/C23H21N5O2/c29-22(25-19-12-6-10-16-7-4-5-11-18(16)19)14-27-23(30)21-13-20(26-28(21)15-24-27)17-8-2-1-3-9-17/h1-5,7-9,11,13,15,19H,6,10,12,14H2,(H,25,29)/t19-/m0/s1. The van der Waals surface area contributed by atoms with Crippen LogP contribution in [-0.4, -0.2) is 25.3 Å². The Bertz CT molecular complexity index is 1280. The predicted molar refractivity (Wildman–Crippen MR) is 113 cm³/mol. The molecule has 1 aliphatic rings. The zero-order chi connectivity index (χ0) is 20.5. The lowest BCUT2D eigenvalue weighted by atomic mass is 9.88. The normalized spacial score (nSPS) is 15.7. The Kier molecular flexibility index (Phi) is 4.63. The van der Waals surface area contributed by atoms with Crippen LogP contribution in [0.15, 0.2) is 71.8 Å². The summed E-state index contributed by atoms with van der Waals surface area (Å²) in [4.78, 5) is 25.5. The number of rotatable bonds is 4. The van der Waals surface area contributed by atoms with Gasteiger partial charge < -0.3 is 5.32 Å². The van der Waals surface area contributed by atoms with Crippen LogP contribution in [0.25, 0.3) is 16.8 Å². The van der Waals surface area contributed by atoms with Gasteiger partial charge in [-0.1, -0.05) is 54.6 Å². The number of nitrogens with zero attached hydrogens (tertiary/aromatic N) is 4. The minimum absolute atomic E-state index is 0.0264. The molecule has 7 heteroatoms. The first-order valence-corrected chi connectivity index (χ1v) is 10.1. The van der Waals surface area contributed by atoms with Crippen LogP contribution in [0.4, 0.5) is 0 Å². The molecule has 1 aliphatic carbocycles. The number of carbonyl (C=O) groups excluding carboxylic acids is 1. The van der Waals surface area contributed by atoms with Gasteiger partial charge in [-0.2, -0.15) is 10.2 Å². The first-order chi connectivity index (χ1) is 14.7. The molecule has 0 saturated carbocycles. The lowest BCUT2D eigenvalue weighted by Crippen LogP contribution is -2.37. The summed E-state index contributed by atoms with van der Waals surface area (Å²) in [6, 6.07) is 19.5. The molecule has 0 aliphatic heterocycles. The summed E-state index contributed by atoms with van der Waals surface area (Å²) >= 11 is 0. The summed E-state index contributed by atoms with van der Waals surface area (Å²) in [5.41, 5.74) is 4.09. The Morgan fingerprint density at radius 2 is 1.90 bits per heavy atom. The second kappa shape index (κ2) is 7.59. The first kappa shape index (κ1) is 18.3. The van der Waals surface area contributed by atoms with Crippen LogP contribution in [0.5, 0.6) is 0 Å². The summed E-state index contributed by atoms with van der Waals surface area (Å²) in [7, 11) is 0. The maximum Gasteiger partial charge on any atom is 0.293 e. The average molecular weight is 399 g/mol. The molecule has 4 aromatic rings. The van der Waals surface area contributed by atoms with E-state index in [1.54, 1.807) is 6.07 Å². The second-order valence-corrected chi connectivity index (χ2v) is 7.53. The third-order valence-electron chi connectivity index (χ3n) is 5.56. The number of amides is 1. The van der Waals surface area contributed by atoms with Crippen molar-refractivity contribution in [3.8, 4) is 11.3 Å². The summed E-state index contributed by atoms with van der Waals surface area (Å²) in [5, 5.41) is 11.6. The molecular weight excluding hydrogens is 378 g/mol. The molecule has 2 heterocycles. The maximum atomic E-state index is 12.9. The molecule has 150 valence electrons. The van der Waals surface area contributed by atoms with E-state index < -0.39 is 0 Å². The Hall–Kier alpha value is -3.74. The molecule has 0 radical (unpaired) electrons. The first-order valence-electron chi connectivity index (χ1n) is 10.1. The summed E-state index contributed by atoms with van der Waals surface area (Å²) in [6.45, 7) is -0.125. The quantitative estimate of drug-likeness (QED) is 0.572. The lowest BCUT2D eigenvalue weighted by Gasteiger charge is -2.26. The molecule has 0 spiro atoms. The van der Waals surface area contributed by atoms with Crippen LogP contribution in [0.3, 0.4) is 0 Å². The highest BCUT2D eigenvalue weighted by Crippen LogP contribution is 2.29. The Morgan fingerprint density at radius 3 is 2.77 bits per heavy atom. The zero-order valence-electron chi connectivity index (χ0n) is 16.4. The molecule has 7 nitrogen and oxygen atoms in total. The predicted octanol–water partition coefficient (Wildman–Crippen LogP) is 2.75. The van der Waals surface area contributed by atoms with E-state index in [-0.39, 0.29) is 24.1 Å². The van der Waals surface area contributed by atoms with Crippen LogP contribution in [0.2, 0.25) is 0 Å². The molecule has 0 bridgehead atoms. The van der Waals surface area contributed by atoms with Crippen molar-refractivity contribution in [1.82, 2.24) is 24.7 Å². The molecule has 30 heavy (non-hydrogen) atoms. The second-order valence-electron chi connectivity index (χ2n) is 7.53. The van der Waals surface area contributed by atoms with E-state index in [0.717, 1.165) is 30.4 Å². The Morgan fingerprint density at radius 1 is 1.10 bits per heavy atom. The summed E-state index contributed by atoms with van der Waals surface area (Å²) in [5.74, 6) is -0.224. The molecule has 2 aromatic carbocycles. The Labute approximate surface area is 173 Å². The molecule has 1 amide bonds. The van der Waals surface area contributed by atoms with Crippen LogP contribution >= 0.6 is 0 Å². The molecule has 2 aromatic heterocycles. The van der Waals surface area contributed by atoms with E-state index in [1.165, 1.54) is 21.1 Å². The molecule has 0 fully saturated rings. The number of aryl methyl sites for hydroxylation is 1. The highest BCUT2D eigenvalue weighted by Gasteiger charge is 2.22. The van der Waals surface area contributed by atoms with Gasteiger partial charge in [0, 0.05) is 5.56 Å². The van der Waals surface area contributed by atoms with Gasteiger partial charge in [0.25, 0.3) is 5.56 Å². The molecule has 0 saturated heterocycles. The van der Waals surface area contributed by atoms with Crippen LogP contribution in [-0.2, 0) is 17.8 Å². The number of hydrogen-bond donors (Lipinski definition) is 1. The number of carbonyl (C=O) groups is 1. The van der Waals surface area contributed by atoms with Crippen molar-refractivity contribution in [1.29, 1.82) is 0 Å². The van der Waals surface area contributed by atoms with Crippen molar-refractivity contribution in [3.63, 3.8) is 0 Å². The fourth-order valence-electron chi connectivity index (χ4n) is 4.08. The number of nitrogens with one attached hydrogen (secondary N) is 1. The van der Waals surface area contributed by atoms with Crippen LogP contribution in [0.1, 0.15) is 30.0 Å². The van der Waals surface area contributed by atoms with Gasteiger partial charge >= 0.3 is 0 Å². The van der Waals surface area contributed by atoms with Crippen molar-refractivity contribution in [2.45, 2.75) is 31.8 Å². The van der Waals surface area contributed by atoms with Crippen molar-refractivity contribution in [2.75, 3.05) is 0 Å². The van der Waals surface area contributed by atoms with E-state index in [4.69, 9.17) is 0 Å². The minimum atomic E-state index is -0.341. The zero-order valence-corrected chi connectivity index (χ0v) is 16.4. The maximum absolute atomic E-state index is 12.9. The SMILES string of the molecule is O=C(Cn1ncn2nc(-c3ccccc3)cc2c1=O)N[C@H]1CCCc2ccccc21. The van der Waals surface area contributed by atoms with Crippen LogP contribution in [0, 0.1) is 0 Å². The molecule has 0 unspecified atom stereocenters. The molecule has 1 N–H and O–H groups in total. The van der Waals surface area contributed by atoms with E-state index >= 15 is 0 Å². The molecular formula is C23H21N5O2. The number of fused-ring (bicyclic) bond motifs is 2. The molecule has 5 rings (SSSR count). The van der Waals surface area contributed by atoms with Crippen molar-refractivity contribution >= 4 is 11.4 Å². The highest BCUT2D eigenvalue weighted by molar-refractivity contribution is 5.76. The number of benzene rings is 2. The fraction of sp³-hybridized carbons (Fsp3) is 0.217. The van der Waals surface area contributed by atoms with Crippen LogP contribution < -0.4 is 10.9 Å². The Balaban J connectivity index is 1.37. The monoisotopic (exact) mass is 399 g/mol. The van der Waals surface area contributed by atoms with Gasteiger partial charge in [-0.3, -0.25) is 9.59 Å². The van der Waals surface area contributed by atoms with E-state index in [1.807, 2.05) is 42.5 Å². The van der Waals surface area contributed by atoms with Gasteiger partial charge in [0.15, 0.2) is 0 Å². The summed E-state index contributed by atoms with van der Waals surface area (Å²) < 4.78 is 2.65. The third-order valence-corrected chi connectivity index (χ3v) is 5.56.